The molecule has 0 saturated carbocycles. The number of benzene rings is 1. The van der Waals surface area contributed by atoms with Gasteiger partial charge in [-0.3, -0.25) is 0 Å². The lowest BCUT2D eigenvalue weighted by Crippen LogP contribution is -2.52. The second-order valence-electron chi connectivity index (χ2n) is 4.34. The average Bonchev–Trinajstić information content (AvgIpc) is 2.36. The summed E-state index contributed by atoms with van der Waals surface area (Å²) >= 11 is 6.11. The Bertz CT molecular complexity index is 345. The molecular formula is C13H20ClNO2. The zero-order valence-corrected chi connectivity index (χ0v) is 11.0. The lowest BCUT2D eigenvalue weighted by Gasteiger charge is -2.33. The van der Waals surface area contributed by atoms with Crippen LogP contribution in [0, 0.1) is 0 Å². The molecule has 0 saturated heterocycles. The Morgan fingerprint density at radius 3 is 2.35 bits per heavy atom. The van der Waals surface area contributed by atoms with E-state index in [9.17, 15) is 10.2 Å². The van der Waals surface area contributed by atoms with Gasteiger partial charge in [0.2, 0.25) is 0 Å². The van der Waals surface area contributed by atoms with Gasteiger partial charge in [0.25, 0.3) is 0 Å². The quantitative estimate of drug-likeness (QED) is 0.732. The lowest BCUT2D eigenvalue weighted by molar-refractivity contribution is 0.0793. The van der Waals surface area contributed by atoms with Gasteiger partial charge in [0.15, 0.2) is 0 Å². The summed E-state index contributed by atoms with van der Waals surface area (Å²) in [6, 6.07) is 7.55. The molecule has 0 aliphatic carbocycles. The zero-order valence-electron chi connectivity index (χ0n) is 10.3. The highest BCUT2D eigenvalue weighted by atomic mass is 35.5. The van der Waals surface area contributed by atoms with Gasteiger partial charge in [-0.15, -0.1) is 0 Å². The van der Waals surface area contributed by atoms with Crippen molar-refractivity contribution >= 4 is 11.6 Å². The third-order valence-corrected chi connectivity index (χ3v) is 3.52. The minimum atomic E-state index is -0.654. The summed E-state index contributed by atoms with van der Waals surface area (Å²) in [5.74, 6) is 0. The third kappa shape index (κ3) is 3.42. The van der Waals surface area contributed by atoms with Gasteiger partial charge >= 0.3 is 0 Å². The van der Waals surface area contributed by atoms with Crippen LogP contribution in [0.5, 0.6) is 0 Å². The summed E-state index contributed by atoms with van der Waals surface area (Å²) in [4.78, 5) is 0. The number of hydrogen-bond acceptors (Lipinski definition) is 3. The maximum absolute atomic E-state index is 9.39. The summed E-state index contributed by atoms with van der Waals surface area (Å²) < 4.78 is 0. The number of rotatable bonds is 6. The van der Waals surface area contributed by atoms with Gasteiger partial charge in [-0.05, 0) is 25.0 Å². The third-order valence-electron chi connectivity index (χ3n) is 3.18. The molecule has 0 bridgehead atoms. The molecule has 1 rings (SSSR count). The number of hydrogen-bond donors (Lipinski definition) is 3. The van der Waals surface area contributed by atoms with Gasteiger partial charge in [-0.25, -0.2) is 0 Å². The highest BCUT2D eigenvalue weighted by Crippen LogP contribution is 2.24. The number of halogens is 1. The molecule has 0 aliphatic heterocycles. The topological polar surface area (TPSA) is 52.5 Å². The Labute approximate surface area is 107 Å². The molecular weight excluding hydrogens is 238 g/mol. The van der Waals surface area contributed by atoms with Crippen molar-refractivity contribution in [2.75, 3.05) is 13.2 Å². The minimum absolute atomic E-state index is 0.0250. The first kappa shape index (κ1) is 14.5. The van der Waals surface area contributed by atoms with Crippen molar-refractivity contribution in [1.29, 1.82) is 0 Å². The molecule has 0 aromatic heterocycles. The molecule has 1 aromatic carbocycles. The molecule has 3 nitrogen and oxygen atoms in total. The molecule has 0 amide bonds. The first-order valence-electron chi connectivity index (χ1n) is 5.82. The van der Waals surface area contributed by atoms with E-state index < -0.39 is 5.54 Å². The highest BCUT2D eigenvalue weighted by Gasteiger charge is 2.28. The molecule has 0 spiro atoms. The molecule has 1 aromatic rings. The highest BCUT2D eigenvalue weighted by molar-refractivity contribution is 6.31. The van der Waals surface area contributed by atoms with Gasteiger partial charge in [0, 0.05) is 11.1 Å². The van der Waals surface area contributed by atoms with E-state index in [1.54, 1.807) is 0 Å². The van der Waals surface area contributed by atoms with E-state index >= 15 is 0 Å². The molecule has 1 atom stereocenters. The van der Waals surface area contributed by atoms with Crippen LogP contribution in [-0.4, -0.2) is 29.0 Å². The van der Waals surface area contributed by atoms with Gasteiger partial charge in [0.05, 0.1) is 18.8 Å². The number of aliphatic hydroxyl groups is 2. The first-order valence-corrected chi connectivity index (χ1v) is 6.20. The first-order chi connectivity index (χ1) is 8.08. The molecule has 0 fully saturated rings. The van der Waals surface area contributed by atoms with Crippen LogP contribution in [0.3, 0.4) is 0 Å². The Hall–Kier alpha value is -0.610. The Morgan fingerprint density at radius 2 is 1.88 bits per heavy atom. The molecule has 17 heavy (non-hydrogen) atoms. The smallest absolute Gasteiger partial charge is 0.0650 e. The largest absolute Gasteiger partial charge is 0.394 e. The van der Waals surface area contributed by atoms with E-state index in [0.717, 1.165) is 5.56 Å². The molecule has 0 aliphatic rings. The minimum Gasteiger partial charge on any atom is -0.394 e. The number of aliphatic hydroxyl groups excluding tert-OH is 2. The van der Waals surface area contributed by atoms with Crippen LogP contribution in [0.15, 0.2) is 24.3 Å². The van der Waals surface area contributed by atoms with E-state index in [-0.39, 0.29) is 19.3 Å². The van der Waals surface area contributed by atoms with Gasteiger partial charge in [0.1, 0.15) is 0 Å². The van der Waals surface area contributed by atoms with Crippen LogP contribution >= 0.6 is 11.6 Å². The molecule has 0 radical (unpaired) electrons. The normalized spacial score (nSPS) is 13.7. The van der Waals surface area contributed by atoms with Crippen LogP contribution in [0.1, 0.15) is 31.9 Å². The fourth-order valence-electron chi connectivity index (χ4n) is 1.83. The summed E-state index contributed by atoms with van der Waals surface area (Å²) in [6.07, 6.45) is 0.648. The van der Waals surface area contributed by atoms with Gasteiger partial charge < -0.3 is 15.5 Å². The van der Waals surface area contributed by atoms with Crippen molar-refractivity contribution in [2.24, 2.45) is 0 Å². The number of nitrogens with one attached hydrogen (secondary N) is 1. The average molecular weight is 258 g/mol. The van der Waals surface area contributed by atoms with E-state index in [1.807, 2.05) is 38.1 Å². The van der Waals surface area contributed by atoms with Crippen molar-refractivity contribution in [3.8, 4) is 0 Å². The van der Waals surface area contributed by atoms with Crippen molar-refractivity contribution < 1.29 is 10.2 Å². The predicted molar refractivity (Wildman–Crippen MR) is 70.2 cm³/mol. The summed E-state index contributed by atoms with van der Waals surface area (Å²) in [6.45, 7) is 3.69. The maximum atomic E-state index is 9.39. The molecule has 0 heterocycles. The summed E-state index contributed by atoms with van der Waals surface area (Å²) in [5, 5.41) is 22.7. The van der Waals surface area contributed by atoms with Crippen LogP contribution in [0.25, 0.3) is 0 Å². The molecule has 3 N–H and O–H groups in total. The SMILES string of the molecule is CCC(CO)(CO)NC(C)c1ccccc1Cl. The molecule has 96 valence electrons. The second-order valence-corrected chi connectivity index (χ2v) is 4.74. The van der Waals surface area contributed by atoms with Crippen molar-refractivity contribution in [3.63, 3.8) is 0 Å². The maximum Gasteiger partial charge on any atom is 0.0650 e. The van der Waals surface area contributed by atoms with Crippen LogP contribution in [0.2, 0.25) is 5.02 Å². The predicted octanol–water partition coefficient (Wildman–Crippen LogP) is 2.12. The standard InChI is InChI=1S/C13H20ClNO2/c1-3-13(8-16,9-17)15-10(2)11-6-4-5-7-12(11)14/h4-7,10,15-17H,3,8-9H2,1-2H3. The fourth-order valence-corrected chi connectivity index (χ4v) is 2.13. The Balaban J connectivity index is 2.84. The van der Waals surface area contributed by atoms with Gasteiger partial charge in [-0.1, -0.05) is 36.7 Å². The van der Waals surface area contributed by atoms with Crippen LogP contribution in [-0.2, 0) is 0 Å². The van der Waals surface area contributed by atoms with Crippen molar-refractivity contribution in [1.82, 2.24) is 5.32 Å². The molecule has 1 unspecified atom stereocenters. The Kier molecular flexibility index (Phi) is 5.40. The van der Waals surface area contributed by atoms with Crippen molar-refractivity contribution in [3.05, 3.63) is 34.9 Å². The van der Waals surface area contributed by atoms with E-state index in [0.29, 0.717) is 11.4 Å². The van der Waals surface area contributed by atoms with Gasteiger partial charge in [-0.2, -0.15) is 0 Å². The van der Waals surface area contributed by atoms with E-state index in [2.05, 4.69) is 5.32 Å². The van der Waals surface area contributed by atoms with Crippen molar-refractivity contribution in [2.45, 2.75) is 31.8 Å². The Morgan fingerprint density at radius 1 is 1.29 bits per heavy atom. The van der Waals surface area contributed by atoms with Crippen LogP contribution in [0.4, 0.5) is 0 Å². The monoisotopic (exact) mass is 257 g/mol. The zero-order chi connectivity index (χ0) is 12.9. The van der Waals surface area contributed by atoms with E-state index in [1.165, 1.54) is 0 Å². The summed E-state index contributed by atoms with van der Waals surface area (Å²) in [7, 11) is 0. The van der Waals surface area contributed by atoms with E-state index in [4.69, 9.17) is 11.6 Å². The lowest BCUT2D eigenvalue weighted by atomic mass is 9.95. The van der Waals surface area contributed by atoms with Crippen LogP contribution < -0.4 is 5.32 Å². The fraction of sp³-hybridized carbons (Fsp3) is 0.538. The second kappa shape index (κ2) is 6.36. The molecule has 4 heteroatoms. The summed E-state index contributed by atoms with van der Waals surface area (Å²) in [5.41, 5.74) is 0.312.